The third-order valence-corrected chi connectivity index (χ3v) is 3.43. The van der Waals surface area contributed by atoms with Gasteiger partial charge in [0.2, 0.25) is 0 Å². The first-order valence-electron chi connectivity index (χ1n) is 5.85. The summed E-state index contributed by atoms with van der Waals surface area (Å²) in [6, 6.07) is 7.15. The molecule has 1 unspecified atom stereocenters. The maximum absolute atomic E-state index is 12.2. The number of imide groups is 1. The number of nitrogens with zero attached hydrogens (tertiary/aromatic N) is 2. The fourth-order valence-electron chi connectivity index (χ4n) is 2.67. The number of urea groups is 1. The first-order valence-corrected chi connectivity index (χ1v) is 5.85. The van der Waals surface area contributed by atoms with E-state index in [0.29, 0.717) is 6.42 Å². The number of anilines is 1. The second kappa shape index (κ2) is 3.32. The zero-order valence-electron chi connectivity index (χ0n) is 9.88. The molecule has 0 spiro atoms. The molecule has 0 N–H and O–H groups in total. The Morgan fingerprint density at radius 3 is 2.65 bits per heavy atom. The van der Waals surface area contributed by atoms with Crippen molar-refractivity contribution in [1.29, 1.82) is 0 Å². The van der Waals surface area contributed by atoms with E-state index in [1.165, 1.54) is 4.90 Å². The Morgan fingerprint density at radius 1 is 1.24 bits per heavy atom. The van der Waals surface area contributed by atoms with E-state index in [1.807, 2.05) is 38.1 Å². The summed E-state index contributed by atoms with van der Waals surface area (Å²) in [6.45, 7) is 3.73. The monoisotopic (exact) mass is 230 g/mol. The summed E-state index contributed by atoms with van der Waals surface area (Å²) >= 11 is 0. The fraction of sp³-hybridized carbons (Fsp3) is 0.385. The molecule has 2 aliphatic heterocycles. The summed E-state index contributed by atoms with van der Waals surface area (Å²) in [5.41, 5.74) is 1.97. The van der Waals surface area contributed by atoms with E-state index in [2.05, 4.69) is 0 Å². The lowest BCUT2D eigenvalue weighted by atomic mass is 10.1. The fourth-order valence-corrected chi connectivity index (χ4v) is 2.67. The van der Waals surface area contributed by atoms with Gasteiger partial charge in [0.15, 0.2) is 0 Å². The smallest absolute Gasteiger partial charge is 0.281 e. The first-order chi connectivity index (χ1) is 8.11. The second-order valence-corrected chi connectivity index (χ2v) is 4.80. The van der Waals surface area contributed by atoms with Gasteiger partial charge < -0.3 is 0 Å². The molecular weight excluding hydrogens is 216 g/mol. The molecule has 88 valence electrons. The molecule has 1 aromatic carbocycles. The Balaban J connectivity index is 2.06. The molecule has 0 radical (unpaired) electrons. The average molecular weight is 230 g/mol. The van der Waals surface area contributed by atoms with Crippen molar-refractivity contribution in [1.82, 2.24) is 4.90 Å². The van der Waals surface area contributed by atoms with E-state index in [-0.39, 0.29) is 24.0 Å². The summed E-state index contributed by atoms with van der Waals surface area (Å²) in [7, 11) is 0. The molecule has 0 aromatic heterocycles. The number of para-hydroxylation sites is 1. The quantitative estimate of drug-likeness (QED) is 0.690. The van der Waals surface area contributed by atoms with Crippen molar-refractivity contribution < 1.29 is 9.59 Å². The zero-order chi connectivity index (χ0) is 12.2. The number of amides is 3. The van der Waals surface area contributed by atoms with E-state index in [9.17, 15) is 9.59 Å². The van der Waals surface area contributed by atoms with Crippen molar-refractivity contribution in [2.24, 2.45) is 0 Å². The van der Waals surface area contributed by atoms with Gasteiger partial charge in [-0.2, -0.15) is 0 Å². The van der Waals surface area contributed by atoms with Gasteiger partial charge in [0, 0.05) is 18.2 Å². The van der Waals surface area contributed by atoms with Crippen LogP contribution in [-0.2, 0) is 11.2 Å². The lowest BCUT2D eigenvalue weighted by Gasteiger charge is -2.19. The van der Waals surface area contributed by atoms with Gasteiger partial charge in [-0.05, 0) is 25.5 Å². The van der Waals surface area contributed by atoms with Crippen LogP contribution < -0.4 is 4.90 Å². The number of rotatable bonds is 1. The molecular formula is C13H14N2O2. The van der Waals surface area contributed by atoms with Gasteiger partial charge in [-0.3, -0.25) is 14.6 Å². The Kier molecular flexibility index (Phi) is 2.02. The summed E-state index contributed by atoms with van der Waals surface area (Å²) in [5.74, 6) is -0.0683. The zero-order valence-corrected chi connectivity index (χ0v) is 9.88. The largest absolute Gasteiger partial charge is 0.332 e. The number of carbonyl (C=O) groups excluding carboxylic acids is 2. The highest BCUT2D eigenvalue weighted by Crippen LogP contribution is 2.37. The van der Waals surface area contributed by atoms with E-state index in [1.54, 1.807) is 4.90 Å². The van der Waals surface area contributed by atoms with Crippen LogP contribution >= 0.6 is 0 Å². The standard InChI is InChI=1S/C13H14N2O2/c1-8(2)14-12(16)11-7-9-5-3-4-6-10(9)15(11)13(14)17/h3-6,8,11H,7H2,1-2H3. The molecule has 2 aliphatic rings. The predicted molar refractivity (Wildman–Crippen MR) is 63.8 cm³/mol. The second-order valence-electron chi connectivity index (χ2n) is 4.80. The molecule has 0 saturated carbocycles. The number of fused-ring (bicyclic) bond motifs is 3. The van der Waals surface area contributed by atoms with Crippen LogP contribution in [0.1, 0.15) is 19.4 Å². The third kappa shape index (κ3) is 1.24. The minimum absolute atomic E-state index is 0.0683. The molecule has 4 heteroatoms. The summed E-state index contributed by atoms with van der Waals surface area (Å²) < 4.78 is 0. The maximum Gasteiger partial charge on any atom is 0.332 e. The van der Waals surface area contributed by atoms with E-state index in [4.69, 9.17) is 0 Å². The topological polar surface area (TPSA) is 40.6 Å². The minimum Gasteiger partial charge on any atom is -0.281 e. The molecule has 2 heterocycles. The predicted octanol–water partition coefficient (Wildman–Crippen LogP) is 1.79. The van der Waals surface area contributed by atoms with Gasteiger partial charge in [0.1, 0.15) is 6.04 Å². The summed E-state index contributed by atoms with van der Waals surface area (Å²) in [5, 5.41) is 0. The van der Waals surface area contributed by atoms with Crippen LogP contribution in [-0.4, -0.2) is 28.9 Å². The van der Waals surface area contributed by atoms with Crippen LogP contribution in [0, 0.1) is 0 Å². The third-order valence-electron chi connectivity index (χ3n) is 3.43. The Hall–Kier alpha value is -1.84. The Labute approximate surface area is 99.8 Å². The molecule has 3 amide bonds. The van der Waals surface area contributed by atoms with Crippen molar-refractivity contribution in [2.75, 3.05) is 4.90 Å². The first kappa shape index (κ1) is 10.3. The molecule has 1 saturated heterocycles. The normalized spacial score (nSPS) is 22.4. The van der Waals surface area contributed by atoms with Gasteiger partial charge in [0.25, 0.3) is 5.91 Å². The van der Waals surface area contributed by atoms with Crippen molar-refractivity contribution in [3.8, 4) is 0 Å². The lowest BCUT2D eigenvalue weighted by Crippen LogP contribution is -2.38. The van der Waals surface area contributed by atoms with Crippen LogP contribution in [0.25, 0.3) is 0 Å². The highest BCUT2D eigenvalue weighted by Gasteiger charge is 2.50. The van der Waals surface area contributed by atoms with Gasteiger partial charge in [-0.1, -0.05) is 18.2 Å². The van der Waals surface area contributed by atoms with Crippen LogP contribution in [0.4, 0.5) is 10.5 Å². The van der Waals surface area contributed by atoms with Crippen molar-refractivity contribution in [3.05, 3.63) is 29.8 Å². The van der Waals surface area contributed by atoms with Gasteiger partial charge >= 0.3 is 6.03 Å². The van der Waals surface area contributed by atoms with Crippen molar-refractivity contribution in [2.45, 2.75) is 32.4 Å². The number of hydrogen-bond acceptors (Lipinski definition) is 2. The highest BCUT2D eigenvalue weighted by molar-refractivity contribution is 6.16. The van der Waals surface area contributed by atoms with E-state index < -0.39 is 0 Å². The number of benzene rings is 1. The van der Waals surface area contributed by atoms with E-state index in [0.717, 1.165) is 11.3 Å². The van der Waals surface area contributed by atoms with Crippen LogP contribution in [0.5, 0.6) is 0 Å². The Morgan fingerprint density at radius 2 is 1.94 bits per heavy atom. The number of carbonyl (C=O) groups is 2. The van der Waals surface area contributed by atoms with Gasteiger partial charge in [-0.25, -0.2) is 4.79 Å². The minimum atomic E-state index is -0.317. The molecule has 0 aliphatic carbocycles. The van der Waals surface area contributed by atoms with Crippen molar-refractivity contribution in [3.63, 3.8) is 0 Å². The van der Waals surface area contributed by atoms with Crippen LogP contribution in [0.15, 0.2) is 24.3 Å². The van der Waals surface area contributed by atoms with E-state index >= 15 is 0 Å². The van der Waals surface area contributed by atoms with Gasteiger partial charge in [0.05, 0.1) is 0 Å². The number of hydrogen-bond donors (Lipinski definition) is 0. The van der Waals surface area contributed by atoms with Crippen LogP contribution in [0.2, 0.25) is 0 Å². The molecule has 3 rings (SSSR count). The van der Waals surface area contributed by atoms with Gasteiger partial charge in [-0.15, -0.1) is 0 Å². The average Bonchev–Trinajstić information content (AvgIpc) is 2.76. The Bertz CT molecular complexity index is 510. The molecule has 4 nitrogen and oxygen atoms in total. The lowest BCUT2D eigenvalue weighted by molar-refractivity contribution is -0.128. The molecule has 0 bridgehead atoms. The molecule has 1 aromatic rings. The SMILES string of the molecule is CC(C)N1C(=O)C2Cc3ccccc3N2C1=O. The molecule has 17 heavy (non-hydrogen) atoms. The van der Waals surface area contributed by atoms with Crippen LogP contribution in [0.3, 0.4) is 0 Å². The molecule has 1 fully saturated rings. The van der Waals surface area contributed by atoms with Crippen molar-refractivity contribution >= 4 is 17.6 Å². The maximum atomic E-state index is 12.2. The highest BCUT2D eigenvalue weighted by atomic mass is 16.2. The molecule has 1 atom stereocenters. The summed E-state index contributed by atoms with van der Waals surface area (Å²) in [4.78, 5) is 27.4. The summed E-state index contributed by atoms with van der Waals surface area (Å²) in [6.07, 6.45) is 0.643.